The van der Waals surface area contributed by atoms with E-state index in [4.69, 9.17) is 11.6 Å². The topological polar surface area (TPSA) is 35.6 Å². The fourth-order valence-electron chi connectivity index (χ4n) is 2.28. The number of fused-ring (bicyclic) bond motifs is 1. The summed E-state index contributed by atoms with van der Waals surface area (Å²) in [5, 5.41) is 4.39. The van der Waals surface area contributed by atoms with E-state index in [9.17, 15) is 13.2 Å². The van der Waals surface area contributed by atoms with Crippen LogP contribution in [0, 0.1) is 0 Å². The van der Waals surface area contributed by atoms with E-state index in [0.29, 0.717) is 5.82 Å². The van der Waals surface area contributed by atoms with E-state index in [1.165, 1.54) is 0 Å². The number of halogens is 4. The van der Waals surface area contributed by atoms with Crippen LogP contribution in [0.5, 0.6) is 0 Å². The van der Waals surface area contributed by atoms with Crippen molar-refractivity contribution < 1.29 is 13.2 Å². The summed E-state index contributed by atoms with van der Waals surface area (Å²) in [4.78, 5) is 4.44. The van der Waals surface area contributed by atoms with Gasteiger partial charge >= 0.3 is 5.51 Å². The van der Waals surface area contributed by atoms with E-state index in [1.54, 1.807) is 16.3 Å². The summed E-state index contributed by atoms with van der Waals surface area (Å²) in [5.74, 6) is 0.671. The predicted molar refractivity (Wildman–Crippen MR) is 78.6 cm³/mol. The van der Waals surface area contributed by atoms with Crippen molar-refractivity contribution in [3.8, 4) is 0 Å². The number of hydrogen-bond donors (Lipinski definition) is 0. The Hall–Kier alpha value is -0.890. The van der Waals surface area contributed by atoms with Gasteiger partial charge in [0.15, 0.2) is 5.65 Å². The first-order valence-corrected chi connectivity index (χ1v) is 8.07. The maximum atomic E-state index is 12.3. The molecule has 0 bridgehead atoms. The minimum absolute atomic E-state index is 0.0389. The summed E-state index contributed by atoms with van der Waals surface area (Å²) in [7, 11) is 1.77. The lowest BCUT2D eigenvalue weighted by atomic mass is 10.2. The number of aryl methyl sites for hydroxylation is 3. The van der Waals surface area contributed by atoms with Crippen LogP contribution in [0.15, 0.2) is 0 Å². The van der Waals surface area contributed by atoms with Gasteiger partial charge in [-0.15, -0.1) is 11.6 Å². The van der Waals surface area contributed by atoms with Crippen LogP contribution in [0.1, 0.15) is 24.9 Å². The zero-order chi connectivity index (χ0) is 15.6. The maximum Gasteiger partial charge on any atom is 0.441 e. The Kier molecular flexibility index (Phi) is 5.08. The number of aromatic nitrogens is 4. The van der Waals surface area contributed by atoms with E-state index < -0.39 is 5.51 Å². The highest BCUT2D eigenvalue weighted by molar-refractivity contribution is 8.00. The van der Waals surface area contributed by atoms with Crippen LogP contribution >= 0.6 is 23.4 Å². The number of rotatable bonds is 6. The number of nitrogens with zero attached hydrogens (tertiary/aromatic N) is 4. The molecule has 2 aromatic rings. The van der Waals surface area contributed by atoms with Gasteiger partial charge in [-0.05, 0) is 18.2 Å². The van der Waals surface area contributed by atoms with E-state index in [1.807, 2.05) is 6.92 Å². The van der Waals surface area contributed by atoms with Gasteiger partial charge in [0.1, 0.15) is 11.3 Å². The van der Waals surface area contributed by atoms with Gasteiger partial charge in [0.25, 0.3) is 0 Å². The zero-order valence-corrected chi connectivity index (χ0v) is 13.3. The molecule has 0 saturated carbocycles. The molecule has 2 rings (SSSR count). The van der Waals surface area contributed by atoms with E-state index >= 15 is 0 Å². The summed E-state index contributed by atoms with van der Waals surface area (Å²) in [6.45, 7) is 2.24. The van der Waals surface area contributed by atoms with Crippen molar-refractivity contribution in [1.82, 2.24) is 19.3 Å². The van der Waals surface area contributed by atoms with Crippen molar-refractivity contribution in [3.63, 3.8) is 0 Å². The van der Waals surface area contributed by atoms with Crippen molar-refractivity contribution in [2.24, 2.45) is 7.05 Å². The summed E-state index contributed by atoms with van der Waals surface area (Å²) in [6, 6.07) is 0. The van der Waals surface area contributed by atoms with Gasteiger partial charge in [-0.1, -0.05) is 13.3 Å². The molecule has 0 radical (unpaired) electrons. The molecule has 2 aromatic heterocycles. The molecule has 2 heterocycles. The lowest BCUT2D eigenvalue weighted by molar-refractivity contribution is -0.0328. The molecule has 0 aliphatic carbocycles. The van der Waals surface area contributed by atoms with Gasteiger partial charge < -0.3 is 4.57 Å². The second-order valence-electron chi connectivity index (χ2n) is 4.60. The van der Waals surface area contributed by atoms with Gasteiger partial charge in [0, 0.05) is 19.3 Å². The van der Waals surface area contributed by atoms with E-state index in [2.05, 4.69) is 10.1 Å². The molecule has 0 atom stereocenters. The molecule has 21 heavy (non-hydrogen) atoms. The first-order valence-electron chi connectivity index (χ1n) is 6.55. The number of alkyl halides is 4. The Bertz CT molecular complexity index is 620. The quantitative estimate of drug-likeness (QED) is 0.752. The van der Waals surface area contributed by atoms with E-state index in [-0.39, 0.29) is 29.9 Å². The third-order valence-electron chi connectivity index (χ3n) is 3.06. The number of hydrogen-bond acceptors (Lipinski definition) is 3. The van der Waals surface area contributed by atoms with Crippen molar-refractivity contribution in [2.45, 2.75) is 37.7 Å². The SMILES string of the molecule is CCCc1nn(C)c2c1nc(CCl)n2CCSC(F)(F)F. The highest BCUT2D eigenvalue weighted by Crippen LogP contribution is 2.31. The summed E-state index contributed by atoms with van der Waals surface area (Å²) >= 11 is 5.83. The van der Waals surface area contributed by atoms with Crippen LogP contribution in [0.3, 0.4) is 0 Å². The lowest BCUT2D eigenvalue weighted by Gasteiger charge is -2.09. The minimum Gasteiger partial charge on any atom is -0.311 e. The van der Waals surface area contributed by atoms with Crippen LogP contribution in [-0.4, -0.2) is 30.6 Å². The Labute approximate surface area is 129 Å². The third-order valence-corrected chi connectivity index (χ3v) is 4.01. The minimum atomic E-state index is -4.22. The molecule has 0 aliphatic rings. The van der Waals surface area contributed by atoms with Gasteiger partial charge in [0.2, 0.25) is 0 Å². The Morgan fingerprint density at radius 1 is 1.33 bits per heavy atom. The highest BCUT2D eigenvalue weighted by atomic mass is 35.5. The molecule has 9 heteroatoms. The molecule has 0 aliphatic heterocycles. The van der Waals surface area contributed by atoms with Gasteiger partial charge in [-0.3, -0.25) is 4.68 Å². The van der Waals surface area contributed by atoms with Gasteiger partial charge in [0.05, 0.1) is 11.6 Å². The predicted octanol–water partition coefficient (Wildman–Crippen LogP) is 3.71. The normalized spacial score (nSPS) is 12.5. The average Bonchev–Trinajstić information content (AvgIpc) is 2.88. The third kappa shape index (κ3) is 3.66. The molecule has 0 saturated heterocycles. The largest absolute Gasteiger partial charge is 0.441 e. The Balaban J connectivity index is 2.32. The number of thioether (sulfide) groups is 1. The first-order chi connectivity index (χ1) is 9.87. The van der Waals surface area contributed by atoms with Crippen LogP contribution in [0.25, 0.3) is 11.2 Å². The van der Waals surface area contributed by atoms with Crippen LogP contribution in [0.4, 0.5) is 13.2 Å². The van der Waals surface area contributed by atoms with Crippen LogP contribution < -0.4 is 0 Å². The molecule has 4 nitrogen and oxygen atoms in total. The monoisotopic (exact) mass is 340 g/mol. The molecule has 0 N–H and O–H groups in total. The Morgan fingerprint density at radius 3 is 2.62 bits per heavy atom. The van der Waals surface area contributed by atoms with Crippen molar-refractivity contribution in [2.75, 3.05) is 5.75 Å². The van der Waals surface area contributed by atoms with Gasteiger partial charge in [-0.2, -0.15) is 18.3 Å². The second-order valence-corrected chi connectivity index (χ2v) is 6.03. The molecular formula is C12H16ClF3N4S. The van der Waals surface area contributed by atoms with Crippen molar-refractivity contribution >= 4 is 34.5 Å². The first kappa shape index (κ1) is 16.5. The molecule has 0 spiro atoms. The molecule has 0 aromatic carbocycles. The molecular weight excluding hydrogens is 325 g/mol. The van der Waals surface area contributed by atoms with Crippen molar-refractivity contribution in [3.05, 3.63) is 11.5 Å². The number of imidazole rings is 1. The lowest BCUT2D eigenvalue weighted by Crippen LogP contribution is -2.11. The maximum absolute atomic E-state index is 12.3. The van der Waals surface area contributed by atoms with Crippen molar-refractivity contribution in [1.29, 1.82) is 0 Å². The van der Waals surface area contributed by atoms with Gasteiger partial charge in [-0.25, -0.2) is 4.98 Å². The van der Waals surface area contributed by atoms with Crippen LogP contribution in [-0.2, 0) is 25.9 Å². The van der Waals surface area contributed by atoms with Crippen LogP contribution in [0.2, 0.25) is 0 Å². The zero-order valence-electron chi connectivity index (χ0n) is 11.7. The molecule has 118 valence electrons. The fraction of sp³-hybridized carbons (Fsp3) is 0.667. The standard InChI is InChI=1S/C12H16ClF3N4S/c1-3-4-8-10-11(19(2)18-8)20(9(7-13)17-10)5-6-21-12(14,15)16/h3-7H2,1-2H3. The summed E-state index contributed by atoms with van der Waals surface area (Å²) in [5.41, 5.74) is -1.88. The smallest absolute Gasteiger partial charge is 0.311 e. The molecule has 0 fully saturated rings. The molecule has 0 amide bonds. The summed E-state index contributed by atoms with van der Waals surface area (Å²) < 4.78 is 40.2. The Morgan fingerprint density at radius 2 is 2.05 bits per heavy atom. The second kappa shape index (κ2) is 6.48. The highest BCUT2D eigenvalue weighted by Gasteiger charge is 2.28. The summed E-state index contributed by atoms with van der Waals surface area (Å²) in [6.07, 6.45) is 1.71. The average molecular weight is 341 g/mol. The molecule has 0 unspecified atom stereocenters. The fourth-order valence-corrected chi connectivity index (χ4v) is 2.99. The van der Waals surface area contributed by atoms with E-state index in [0.717, 1.165) is 29.7 Å².